The number of likely N-dealkylation sites (N-methyl/N-ethyl adjacent to an activating group) is 1. The number of amides is 1. The molecule has 1 aliphatic rings. The second-order valence-electron chi connectivity index (χ2n) is 5.11. The molecule has 0 saturated heterocycles. The molecule has 0 atom stereocenters. The van der Waals surface area contributed by atoms with Crippen LogP contribution in [0.25, 0.3) is 0 Å². The van der Waals surface area contributed by atoms with E-state index in [1.54, 1.807) is 24.1 Å². The Morgan fingerprint density at radius 2 is 1.95 bits per heavy atom. The normalized spacial score (nSPS) is 16.9. The Balaban J connectivity index is 2.07. The number of carbonyl (C=O) groups excluding carboxylic acids is 1. The minimum Gasteiger partial charge on any atom is -0.327 e. The molecule has 0 unspecified atom stereocenters. The van der Waals surface area contributed by atoms with Crippen LogP contribution in [-0.2, 0) is 11.2 Å². The van der Waals surface area contributed by atoms with Crippen molar-refractivity contribution in [2.45, 2.75) is 37.6 Å². The third-order valence-corrected chi connectivity index (χ3v) is 4.18. The lowest BCUT2D eigenvalue weighted by molar-refractivity contribution is -0.133. The van der Waals surface area contributed by atoms with Crippen molar-refractivity contribution in [1.29, 1.82) is 5.26 Å². The number of benzene rings is 1. The second kappa shape index (κ2) is 5.63. The SMILES string of the molecule is CN(C(=O)Cc1ccc(Cl)cc1)C1(C#N)CCCC1. The highest BCUT2D eigenvalue weighted by Gasteiger charge is 2.40. The van der Waals surface area contributed by atoms with Crippen LogP contribution in [-0.4, -0.2) is 23.4 Å². The Kier molecular flexibility index (Phi) is 4.11. The van der Waals surface area contributed by atoms with Gasteiger partial charge in [-0.25, -0.2) is 0 Å². The zero-order valence-electron chi connectivity index (χ0n) is 11.0. The van der Waals surface area contributed by atoms with E-state index < -0.39 is 5.54 Å². The lowest BCUT2D eigenvalue weighted by Gasteiger charge is -2.32. The summed E-state index contributed by atoms with van der Waals surface area (Å²) in [6, 6.07) is 9.59. The van der Waals surface area contributed by atoms with Gasteiger partial charge in [0.05, 0.1) is 12.5 Å². The number of hydrogen-bond acceptors (Lipinski definition) is 2. The molecule has 1 aromatic carbocycles. The lowest BCUT2D eigenvalue weighted by Crippen LogP contribution is -2.47. The lowest BCUT2D eigenvalue weighted by atomic mass is 9.97. The Morgan fingerprint density at radius 3 is 2.47 bits per heavy atom. The summed E-state index contributed by atoms with van der Waals surface area (Å²) >= 11 is 5.82. The van der Waals surface area contributed by atoms with E-state index in [0.717, 1.165) is 31.2 Å². The third kappa shape index (κ3) is 2.90. The summed E-state index contributed by atoms with van der Waals surface area (Å²) in [6.07, 6.45) is 3.92. The summed E-state index contributed by atoms with van der Waals surface area (Å²) in [4.78, 5) is 13.9. The predicted octanol–water partition coefficient (Wildman–Crippen LogP) is 3.18. The van der Waals surface area contributed by atoms with Gasteiger partial charge in [-0.1, -0.05) is 23.7 Å². The van der Waals surface area contributed by atoms with E-state index in [-0.39, 0.29) is 5.91 Å². The van der Waals surface area contributed by atoms with Crippen LogP contribution in [0.15, 0.2) is 24.3 Å². The highest BCUT2D eigenvalue weighted by molar-refractivity contribution is 6.30. The molecule has 0 radical (unpaired) electrons. The van der Waals surface area contributed by atoms with Crippen LogP contribution < -0.4 is 0 Å². The maximum atomic E-state index is 12.3. The number of rotatable bonds is 3. The molecule has 4 heteroatoms. The first kappa shape index (κ1) is 13.9. The Morgan fingerprint density at radius 1 is 1.37 bits per heavy atom. The fourth-order valence-corrected chi connectivity index (χ4v) is 2.74. The molecule has 3 nitrogen and oxygen atoms in total. The second-order valence-corrected chi connectivity index (χ2v) is 5.54. The average Bonchev–Trinajstić information content (AvgIpc) is 2.90. The molecule has 100 valence electrons. The first-order valence-electron chi connectivity index (χ1n) is 6.50. The summed E-state index contributed by atoms with van der Waals surface area (Å²) in [7, 11) is 1.74. The summed E-state index contributed by atoms with van der Waals surface area (Å²) < 4.78 is 0. The van der Waals surface area contributed by atoms with Gasteiger partial charge >= 0.3 is 0 Å². The molecule has 0 aromatic heterocycles. The van der Waals surface area contributed by atoms with Crippen molar-refractivity contribution in [3.63, 3.8) is 0 Å². The molecule has 2 rings (SSSR count). The maximum Gasteiger partial charge on any atom is 0.228 e. The van der Waals surface area contributed by atoms with Crippen molar-refractivity contribution < 1.29 is 4.79 Å². The quantitative estimate of drug-likeness (QED) is 0.851. The van der Waals surface area contributed by atoms with E-state index in [2.05, 4.69) is 6.07 Å². The van der Waals surface area contributed by atoms with Crippen LogP contribution >= 0.6 is 11.6 Å². The van der Waals surface area contributed by atoms with Gasteiger partial charge in [0.15, 0.2) is 0 Å². The summed E-state index contributed by atoms with van der Waals surface area (Å²) in [5, 5.41) is 10.0. The first-order valence-corrected chi connectivity index (χ1v) is 6.87. The van der Waals surface area contributed by atoms with Crippen molar-refractivity contribution in [1.82, 2.24) is 4.90 Å². The largest absolute Gasteiger partial charge is 0.327 e. The molecule has 0 spiro atoms. The fourth-order valence-electron chi connectivity index (χ4n) is 2.62. The van der Waals surface area contributed by atoms with Crippen LogP contribution in [0.2, 0.25) is 5.02 Å². The first-order chi connectivity index (χ1) is 9.07. The zero-order valence-corrected chi connectivity index (χ0v) is 11.8. The molecular weight excluding hydrogens is 260 g/mol. The number of nitrogens with zero attached hydrogens (tertiary/aromatic N) is 2. The highest BCUT2D eigenvalue weighted by Crippen LogP contribution is 2.34. The molecule has 19 heavy (non-hydrogen) atoms. The molecule has 0 N–H and O–H groups in total. The minimum absolute atomic E-state index is 0.00854. The van der Waals surface area contributed by atoms with Crippen molar-refractivity contribution in [3.05, 3.63) is 34.9 Å². The molecule has 1 aromatic rings. The van der Waals surface area contributed by atoms with Crippen LogP contribution in [0.3, 0.4) is 0 Å². The number of halogens is 1. The molecule has 1 fully saturated rings. The summed E-state index contributed by atoms with van der Waals surface area (Å²) in [6.45, 7) is 0. The minimum atomic E-state index is -0.594. The predicted molar refractivity (Wildman–Crippen MR) is 74.7 cm³/mol. The van der Waals surface area contributed by atoms with Crippen molar-refractivity contribution in [3.8, 4) is 6.07 Å². The van der Waals surface area contributed by atoms with E-state index in [0.29, 0.717) is 11.4 Å². The molecule has 0 heterocycles. The summed E-state index contributed by atoms with van der Waals surface area (Å²) in [5.41, 5.74) is 0.330. The smallest absolute Gasteiger partial charge is 0.228 e. The van der Waals surface area contributed by atoms with E-state index in [1.165, 1.54) is 0 Å². The van der Waals surface area contributed by atoms with Gasteiger partial charge in [-0.2, -0.15) is 5.26 Å². The van der Waals surface area contributed by atoms with Gasteiger partial charge in [-0.05, 0) is 43.4 Å². The summed E-state index contributed by atoms with van der Waals surface area (Å²) in [5.74, 6) is -0.00854. The molecule has 1 saturated carbocycles. The van der Waals surface area contributed by atoms with Gasteiger partial charge in [0.25, 0.3) is 0 Å². The maximum absolute atomic E-state index is 12.3. The van der Waals surface area contributed by atoms with E-state index >= 15 is 0 Å². The Hall–Kier alpha value is -1.53. The monoisotopic (exact) mass is 276 g/mol. The van der Waals surface area contributed by atoms with Gasteiger partial charge < -0.3 is 4.90 Å². The number of nitriles is 1. The number of carbonyl (C=O) groups is 1. The van der Waals surface area contributed by atoms with E-state index in [9.17, 15) is 10.1 Å². The molecule has 0 aliphatic heterocycles. The van der Waals surface area contributed by atoms with Gasteiger partial charge in [0.2, 0.25) is 5.91 Å². The van der Waals surface area contributed by atoms with Crippen LogP contribution in [0, 0.1) is 11.3 Å². The zero-order chi connectivity index (χ0) is 13.9. The number of hydrogen-bond donors (Lipinski definition) is 0. The van der Waals surface area contributed by atoms with Crippen LogP contribution in [0.4, 0.5) is 0 Å². The average molecular weight is 277 g/mol. The Labute approximate surface area is 118 Å². The van der Waals surface area contributed by atoms with Crippen LogP contribution in [0.5, 0.6) is 0 Å². The van der Waals surface area contributed by atoms with Crippen molar-refractivity contribution in [2.75, 3.05) is 7.05 Å². The Bertz CT molecular complexity index is 498. The van der Waals surface area contributed by atoms with Gasteiger partial charge in [-0.15, -0.1) is 0 Å². The van der Waals surface area contributed by atoms with E-state index in [4.69, 9.17) is 11.6 Å². The highest BCUT2D eigenvalue weighted by atomic mass is 35.5. The third-order valence-electron chi connectivity index (χ3n) is 3.92. The van der Waals surface area contributed by atoms with Gasteiger partial charge in [0, 0.05) is 12.1 Å². The van der Waals surface area contributed by atoms with E-state index in [1.807, 2.05) is 12.1 Å². The fraction of sp³-hybridized carbons (Fsp3) is 0.467. The molecular formula is C15H17ClN2O. The standard InChI is InChI=1S/C15H17ClN2O/c1-18(15(11-17)8-2-3-9-15)14(19)10-12-4-6-13(16)7-5-12/h4-7H,2-3,8-10H2,1H3. The van der Waals surface area contributed by atoms with Gasteiger partial charge in [0.1, 0.15) is 5.54 Å². The molecule has 1 amide bonds. The van der Waals surface area contributed by atoms with Crippen molar-refractivity contribution in [2.24, 2.45) is 0 Å². The molecule has 1 aliphatic carbocycles. The topological polar surface area (TPSA) is 44.1 Å². The van der Waals surface area contributed by atoms with Crippen LogP contribution in [0.1, 0.15) is 31.2 Å². The van der Waals surface area contributed by atoms with Gasteiger partial charge in [-0.3, -0.25) is 4.79 Å². The molecule has 0 bridgehead atoms. The van der Waals surface area contributed by atoms with Crippen molar-refractivity contribution >= 4 is 17.5 Å².